The number of nitrogens with zero attached hydrogens (tertiary/aromatic N) is 2. The van der Waals surface area contributed by atoms with Gasteiger partial charge in [-0.05, 0) is 36.4 Å². The highest BCUT2D eigenvalue weighted by molar-refractivity contribution is 7.90. The van der Waals surface area contributed by atoms with Crippen molar-refractivity contribution in [3.8, 4) is 17.2 Å². The number of hydrogen-bond acceptors (Lipinski definition) is 9. The third kappa shape index (κ3) is 5.04. The molecular weight excluding hydrogens is 516 g/mol. The van der Waals surface area contributed by atoms with Crippen LogP contribution in [0.1, 0.15) is 10.5 Å². The van der Waals surface area contributed by atoms with Crippen molar-refractivity contribution in [1.82, 2.24) is 9.29 Å². The van der Waals surface area contributed by atoms with Crippen LogP contribution in [-0.4, -0.2) is 45.1 Å². The van der Waals surface area contributed by atoms with Gasteiger partial charge in [0.05, 0.1) is 31.1 Å². The molecule has 0 atom stereocenters. The molecule has 0 saturated carbocycles. The van der Waals surface area contributed by atoms with Crippen LogP contribution >= 0.6 is 0 Å². The van der Waals surface area contributed by atoms with Gasteiger partial charge in [0.2, 0.25) is 0 Å². The van der Waals surface area contributed by atoms with Gasteiger partial charge in [0, 0.05) is 48.1 Å². The molecule has 1 amide bonds. The van der Waals surface area contributed by atoms with E-state index in [1.165, 1.54) is 75.4 Å². The van der Waals surface area contributed by atoms with Crippen molar-refractivity contribution in [3.05, 3.63) is 76.5 Å². The van der Waals surface area contributed by atoms with Gasteiger partial charge in [-0.2, -0.15) is 0 Å². The third-order valence-electron chi connectivity index (χ3n) is 5.83. The topological polar surface area (TPSA) is 151 Å². The minimum Gasteiger partial charge on any atom is -0.497 e. The van der Waals surface area contributed by atoms with E-state index in [4.69, 9.17) is 14.2 Å². The van der Waals surface area contributed by atoms with Crippen molar-refractivity contribution in [1.29, 1.82) is 0 Å². The maximum Gasteiger partial charge on any atom is 0.293 e. The van der Waals surface area contributed by atoms with E-state index in [1.807, 2.05) is 4.72 Å². The summed E-state index contributed by atoms with van der Waals surface area (Å²) < 4.78 is 44.6. The minimum absolute atomic E-state index is 0.0994. The monoisotopic (exact) mass is 540 g/mol. The van der Waals surface area contributed by atoms with Crippen molar-refractivity contribution in [3.63, 3.8) is 0 Å². The van der Waals surface area contributed by atoms with Crippen molar-refractivity contribution in [2.45, 2.75) is 4.90 Å². The summed E-state index contributed by atoms with van der Waals surface area (Å²) in [5, 5.41) is 15.3. The lowest BCUT2D eigenvalue weighted by Gasteiger charge is -2.12. The zero-order valence-electron chi connectivity index (χ0n) is 20.8. The van der Waals surface area contributed by atoms with Gasteiger partial charge >= 0.3 is 0 Å². The second kappa shape index (κ2) is 10.3. The Bertz CT molecular complexity index is 1620. The molecule has 0 saturated heterocycles. The number of amides is 1. The number of anilines is 2. The summed E-state index contributed by atoms with van der Waals surface area (Å²) in [6, 6.07) is 14.8. The number of carbonyl (C=O) groups is 1. The molecule has 0 bridgehead atoms. The summed E-state index contributed by atoms with van der Waals surface area (Å²) in [7, 11) is 1.67. The van der Waals surface area contributed by atoms with Crippen LogP contribution in [0.5, 0.6) is 17.2 Å². The highest BCUT2D eigenvalue weighted by atomic mass is 32.2. The molecule has 12 nitrogen and oxygen atoms in total. The lowest BCUT2D eigenvalue weighted by atomic mass is 10.1. The van der Waals surface area contributed by atoms with Crippen molar-refractivity contribution < 1.29 is 32.3 Å². The van der Waals surface area contributed by atoms with Crippen LogP contribution in [0.15, 0.2) is 65.6 Å². The van der Waals surface area contributed by atoms with Crippen molar-refractivity contribution in [2.24, 2.45) is 7.05 Å². The highest BCUT2D eigenvalue weighted by Crippen LogP contribution is 2.36. The number of non-ortho nitro benzene ring substituents is 1. The smallest absolute Gasteiger partial charge is 0.293 e. The number of nitrogens with one attached hydrogen (secondary N) is 2. The number of aryl methyl sites for hydroxylation is 1. The largest absolute Gasteiger partial charge is 0.497 e. The van der Waals surface area contributed by atoms with Crippen LogP contribution in [0.4, 0.5) is 17.1 Å². The maximum atomic E-state index is 13.1. The van der Waals surface area contributed by atoms with Crippen LogP contribution in [0.25, 0.3) is 10.9 Å². The summed E-state index contributed by atoms with van der Waals surface area (Å²) in [6.45, 7) is 0. The summed E-state index contributed by atoms with van der Waals surface area (Å²) in [5.41, 5.74) is 0.773. The average molecular weight is 541 g/mol. The average Bonchev–Trinajstić information content (AvgIpc) is 3.26. The zero-order chi connectivity index (χ0) is 27.6. The quantitative estimate of drug-likeness (QED) is 0.237. The standard InChI is InChI=1S/C25H24N4O8S/c1-28-23(25(30)27-38(33,34)19-7-5-16(35-2)6-8-19)14-20-21(9-10-22(24(20)28)29(31)32)26-15-11-17(36-3)13-18(12-15)37-4/h5-14,26H,1-4H3,(H,27,30). The molecule has 0 fully saturated rings. The van der Waals surface area contributed by atoms with Gasteiger partial charge in [-0.25, -0.2) is 13.1 Å². The number of rotatable bonds is 9. The maximum absolute atomic E-state index is 13.1. The Hall–Kier alpha value is -4.78. The van der Waals surface area contributed by atoms with E-state index in [0.717, 1.165) is 0 Å². The lowest BCUT2D eigenvalue weighted by molar-refractivity contribution is -0.383. The summed E-state index contributed by atoms with van der Waals surface area (Å²) in [4.78, 5) is 24.2. The Kier molecular flexibility index (Phi) is 7.12. The number of methoxy groups -OCH3 is 3. The summed E-state index contributed by atoms with van der Waals surface area (Å²) in [6.07, 6.45) is 0. The number of nitro benzene ring substituents is 1. The lowest BCUT2D eigenvalue weighted by Crippen LogP contribution is -2.31. The molecular formula is C25H24N4O8S. The molecule has 4 rings (SSSR count). The summed E-state index contributed by atoms with van der Waals surface area (Å²) in [5.74, 6) is 0.525. The van der Waals surface area contributed by atoms with Gasteiger partial charge in [-0.3, -0.25) is 14.9 Å². The highest BCUT2D eigenvalue weighted by Gasteiger charge is 2.26. The van der Waals surface area contributed by atoms with E-state index in [2.05, 4.69) is 5.32 Å². The van der Waals surface area contributed by atoms with E-state index < -0.39 is 20.9 Å². The van der Waals surface area contributed by atoms with Gasteiger partial charge in [0.25, 0.3) is 21.6 Å². The van der Waals surface area contributed by atoms with E-state index in [9.17, 15) is 23.3 Å². The van der Waals surface area contributed by atoms with Gasteiger partial charge in [-0.1, -0.05) is 0 Å². The first-order valence-corrected chi connectivity index (χ1v) is 12.5. The second-order valence-electron chi connectivity index (χ2n) is 8.08. The normalized spacial score (nSPS) is 11.2. The fraction of sp³-hybridized carbons (Fsp3) is 0.160. The first kappa shape index (κ1) is 26.3. The molecule has 4 aromatic rings. The molecule has 38 heavy (non-hydrogen) atoms. The van der Waals surface area contributed by atoms with E-state index >= 15 is 0 Å². The molecule has 2 N–H and O–H groups in total. The number of ether oxygens (including phenoxy) is 3. The van der Waals surface area contributed by atoms with Crippen LogP contribution in [0, 0.1) is 10.1 Å². The molecule has 0 radical (unpaired) electrons. The predicted molar refractivity (Wildman–Crippen MR) is 140 cm³/mol. The molecule has 3 aromatic carbocycles. The van der Waals surface area contributed by atoms with Crippen molar-refractivity contribution >= 4 is 43.9 Å². The number of hydrogen-bond donors (Lipinski definition) is 2. The Morgan fingerprint density at radius 1 is 0.895 bits per heavy atom. The fourth-order valence-electron chi connectivity index (χ4n) is 3.95. The molecule has 1 heterocycles. The Labute approximate surface area is 217 Å². The molecule has 13 heteroatoms. The Morgan fingerprint density at radius 2 is 1.50 bits per heavy atom. The molecule has 1 aromatic heterocycles. The third-order valence-corrected chi connectivity index (χ3v) is 7.18. The molecule has 0 aliphatic carbocycles. The first-order valence-electron chi connectivity index (χ1n) is 11.1. The first-order chi connectivity index (χ1) is 18.1. The second-order valence-corrected chi connectivity index (χ2v) is 9.76. The Morgan fingerprint density at radius 3 is 2.05 bits per heavy atom. The van der Waals surface area contributed by atoms with E-state index in [1.54, 1.807) is 18.2 Å². The van der Waals surface area contributed by atoms with Gasteiger partial charge in [0.1, 0.15) is 28.5 Å². The summed E-state index contributed by atoms with van der Waals surface area (Å²) >= 11 is 0. The molecule has 0 spiro atoms. The van der Waals surface area contributed by atoms with Gasteiger partial charge < -0.3 is 24.1 Å². The van der Waals surface area contributed by atoms with Crippen LogP contribution < -0.4 is 24.2 Å². The molecule has 0 aliphatic rings. The number of benzene rings is 3. The molecule has 198 valence electrons. The van der Waals surface area contributed by atoms with Crippen LogP contribution in [0.2, 0.25) is 0 Å². The molecule has 0 aliphatic heterocycles. The molecule has 0 unspecified atom stereocenters. The van der Waals surface area contributed by atoms with Gasteiger partial charge in [-0.15, -0.1) is 0 Å². The number of nitro groups is 1. The van der Waals surface area contributed by atoms with E-state index in [-0.39, 0.29) is 21.8 Å². The number of sulfonamides is 1. The SMILES string of the molecule is COc1ccc(S(=O)(=O)NC(=O)c2cc3c(Nc4cc(OC)cc(OC)c4)ccc([N+](=O)[O-])c3n2C)cc1. The van der Waals surface area contributed by atoms with Crippen molar-refractivity contribution in [2.75, 3.05) is 26.6 Å². The number of fused-ring (bicyclic) bond motifs is 1. The number of aromatic nitrogens is 1. The Balaban J connectivity index is 1.76. The van der Waals surface area contributed by atoms with Crippen LogP contribution in [0.3, 0.4) is 0 Å². The van der Waals surface area contributed by atoms with Crippen LogP contribution in [-0.2, 0) is 17.1 Å². The van der Waals surface area contributed by atoms with E-state index in [0.29, 0.717) is 34.0 Å². The predicted octanol–water partition coefficient (Wildman–Crippen LogP) is 3.97. The van der Waals surface area contributed by atoms with Gasteiger partial charge in [0.15, 0.2) is 0 Å². The zero-order valence-corrected chi connectivity index (χ0v) is 21.7. The fourth-order valence-corrected chi connectivity index (χ4v) is 4.91. The minimum atomic E-state index is -4.23. The number of carbonyl (C=O) groups excluding carboxylic acids is 1.